The molecule has 2 aromatic rings. The molecule has 6 N–H and O–H groups in total. The predicted molar refractivity (Wildman–Crippen MR) is 95.8 cm³/mol. The lowest BCUT2D eigenvalue weighted by Gasteiger charge is -2.04. The van der Waals surface area contributed by atoms with Crippen molar-refractivity contribution >= 4 is 23.3 Å². The van der Waals surface area contributed by atoms with E-state index in [0.717, 1.165) is 17.5 Å². The summed E-state index contributed by atoms with van der Waals surface area (Å²) in [7, 11) is 0. The standard InChI is InChI=1S/C17H16N8/c18-10-22-16(20)24-14-5-1-12(2-6-14)9-13-3-7-15(8-4-13)25-17(21)23-11-19/h1-8H,9H2,(H3,20,22,24)(H3,21,23,25). The molecule has 0 bridgehead atoms. The van der Waals surface area contributed by atoms with E-state index in [2.05, 4.69) is 20.6 Å². The highest BCUT2D eigenvalue weighted by Gasteiger charge is 1.99. The molecule has 0 unspecified atom stereocenters. The van der Waals surface area contributed by atoms with Crippen LogP contribution in [-0.4, -0.2) is 11.9 Å². The van der Waals surface area contributed by atoms with Gasteiger partial charge in [-0.25, -0.2) is 9.98 Å². The van der Waals surface area contributed by atoms with Crippen LogP contribution in [-0.2, 0) is 6.42 Å². The molecule has 0 atom stereocenters. The molecule has 0 spiro atoms. The summed E-state index contributed by atoms with van der Waals surface area (Å²) in [5.74, 6) is 0.105. The molecule has 0 aliphatic carbocycles. The number of hydrogen-bond acceptors (Lipinski definition) is 4. The highest BCUT2D eigenvalue weighted by Crippen LogP contribution is 2.18. The third kappa shape index (κ3) is 5.58. The van der Waals surface area contributed by atoms with E-state index in [-0.39, 0.29) is 11.9 Å². The second kappa shape index (κ2) is 8.56. The number of nitrogens with zero attached hydrogens (tertiary/aromatic N) is 4. The Labute approximate surface area is 145 Å². The van der Waals surface area contributed by atoms with Gasteiger partial charge in [-0.3, -0.25) is 10.6 Å². The lowest BCUT2D eigenvalue weighted by atomic mass is 10.0. The first-order valence-corrected chi connectivity index (χ1v) is 7.27. The van der Waals surface area contributed by atoms with Crippen LogP contribution in [0.1, 0.15) is 11.1 Å². The van der Waals surface area contributed by atoms with Gasteiger partial charge in [0.15, 0.2) is 12.4 Å². The highest BCUT2D eigenvalue weighted by molar-refractivity contribution is 5.82. The monoisotopic (exact) mass is 332 g/mol. The van der Waals surface area contributed by atoms with Crippen molar-refractivity contribution in [3.05, 3.63) is 59.7 Å². The second-order valence-electron chi connectivity index (χ2n) is 4.98. The van der Waals surface area contributed by atoms with Crippen molar-refractivity contribution in [2.24, 2.45) is 21.5 Å². The first-order valence-electron chi connectivity index (χ1n) is 7.27. The molecule has 25 heavy (non-hydrogen) atoms. The van der Waals surface area contributed by atoms with Gasteiger partial charge in [-0.05, 0) is 41.8 Å². The Kier molecular flexibility index (Phi) is 5.93. The lowest BCUT2D eigenvalue weighted by molar-refractivity contribution is 1.18. The van der Waals surface area contributed by atoms with Gasteiger partial charge in [0.05, 0.1) is 11.4 Å². The number of nitriles is 2. The minimum absolute atomic E-state index is 0.0524. The van der Waals surface area contributed by atoms with Crippen LogP contribution in [0.15, 0.2) is 58.5 Å². The fourth-order valence-electron chi connectivity index (χ4n) is 2.06. The van der Waals surface area contributed by atoms with Crippen LogP contribution in [0.5, 0.6) is 0 Å². The van der Waals surface area contributed by atoms with Gasteiger partial charge in [-0.15, -0.1) is 0 Å². The maximum atomic E-state index is 8.46. The lowest BCUT2D eigenvalue weighted by Crippen LogP contribution is -2.26. The van der Waals surface area contributed by atoms with Crippen molar-refractivity contribution in [1.82, 2.24) is 10.6 Å². The Morgan fingerprint density at radius 3 is 1.44 bits per heavy atom. The molecule has 0 aliphatic rings. The molecule has 0 radical (unpaired) electrons. The van der Waals surface area contributed by atoms with Crippen molar-refractivity contribution in [3.8, 4) is 12.4 Å². The van der Waals surface area contributed by atoms with Crippen LogP contribution >= 0.6 is 0 Å². The molecule has 0 fully saturated rings. The first-order chi connectivity index (χ1) is 12.1. The van der Waals surface area contributed by atoms with Gasteiger partial charge < -0.3 is 11.5 Å². The van der Waals surface area contributed by atoms with Crippen molar-refractivity contribution in [3.63, 3.8) is 0 Å². The Balaban J connectivity index is 2.03. The Morgan fingerprint density at radius 2 is 1.12 bits per heavy atom. The molecule has 0 heterocycles. The van der Waals surface area contributed by atoms with E-state index in [0.29, 0.717) is 11.4 Å². The molecular weight excluding hydrogens is 316 g/mol. The van der Waals surface area contributed by atoms with Crippen LogP contribution in [0.4, 0.5) is 11.4 Å². The van der Waals surface area contributed by atoms with Gasteiger partial charge in [-0.2, -0.15) is 10.5 Å². The van der Waals surface area contributed by atoms with Crippen molar-refractivity contribution < 1.29 is 0 Å². The fourth-order valence-corrected chi connectivity index (χ4v) is 2.06. The maximum Gasteiger partial charge on any atom is 0.207 e. The fraction of sp³-hybridized carbons (Fsp3) is 0.0588. The van der Waals surface area contributed by atoms with E-state index in [1.807, 2.05) is 48.5 Å². The third-order valence-electron chi connectivity index (χ3n) is 3.15. The molecule has 8 heteroatoms. The summed E-state index contributed by atoms with van der Waals surface area (Å²) in [4.78, 5) is 8.11. The predicted octanol–water partition coefficient (Wildman–Crippen LogP) is 1.31. The smallest absolute Gasteiger partial charge is 0.207 e. The summed E-state index contributed by atoms with van der Waals surface area (Å²) in [5.41, 5.74) is 14.6. The number of aliphatic imine (C=N–C) groups is 2. The first kappa shape index (κ1) is 17.3. The van der Waals surface area contributed by atoms with Crippen LogP contribution in [0.25, 0.3) is 0 Å². The Bertz CT molecular complexity index is 778. The molecule has 124 valence electrons. The molecular formula is C17H16N8. The molecule has 0 saturated carbocycles. The molecule has 0 aliphatic heterocycles. The third-order valence-corrected chi connectivity index (χ3v) is 3.15. The van der Waals surface area contributed by atoms with Gasteiger partial charge in [0.2, 0.25) is 11.9 Å². The van der Waals surface area contributed by atoms with E-state index in [4.69, 9.17) is 22.0 Å². The average Bonchev–Trinajstić information content (AvgIpc) is 2.59. The SMILES string of the molecule is N#CNC(N)=Nc1ccc(Cc2ccc(N=C(N)NC#N)cc2)cc1. The van der Waals surface area contributed by atoms with Gasteiger partial charge in [-0.1, -0.05) is 24.3 Å². The molecule has 8 nitrogen and oxygen atoms in total. The highest BCUT2D eigenvalue weighted by atomic mass is 15.1. The summed E-state index contributed by atoms with van der Waals surface area (Å²) in [5, 5.41) is 21.5. The van der Waals surface area contributed by atoms with Crippen LogP contribution in [0.2, 0.25) is 0 Å². The zero-order valence-corrected chi connectivity index (χ0v) is 13.3. The normalized spacial score (nSPS) is 11.3. The van der Waals surface area contributed by atoms with Crippen LogP contribution in [0, 0.1) is 22.9 Å². The summed E-state index contributed by atoms with van der Waals surface area (Å²) in [6, 6.07) is 15.1. The molecule has 0 amide bonds. The summed E-state index contributed by atoms with van der Waals surface area (Å²) in [6.07, 6.45) is 4.17. The zero-order valence-electron chi connectivity index (χ0n) is 13.3. The van der Waals surface area contributed by atoms with Crippen LogP contribution in [0.3, 0.4) is 0 Å². The van der Waals surface area contributed by atoms with E-state index >= 15 is 0 Å². The molecule has 0 saturated heterocycles. The number of rotatable bonds is 4. The van der Waals surface area contributed by atoms with E-state index in [1.54, 1.807) is 12.4 Å². The van der Waals surface area contributed by atoms with Gasteiger partial charge in [0.1, 0.15) is 0 Å². The van der Waals surface area contributed by atoms with Gasteiger partial charge >= 0.3 is 0 Å². The van der Waals surface area contributed by atoms with E-state index < -0.39 is 0 Å². The van der Waals surface area contributed by atoms with E-state index in [1.165, 1.54) is 0 Å². The maximum absolute atomic E-state index is 8.46. The minimum Gasteiger partial charge on any atom is -0.369 e. The van der Waals surface area contributed by atoms with Gasteiger partial charge in [0.25, 0.3) is 0 Å². The summed E-state index contributed by atoms with van der Waals surface area (Å²) in [6.45, 7) is 0. The Hall–Kier alpha value is -4.04. The number of guanidine groups is 2. The molecule has 0 aromatic heterocycles. The van der Waals surface area contributed by atoms with Gasteiger partial charge in [0, 0.05) is 0 Å². The van der Waals surface area contributed by atoms with Crippen molar-refractivity contribution in [1.29, 1.82) is 10.5 Å². The number of nitrogens with two attached hydrogens (primary N) is 2. The zero-order chi connectivity index (χ0) is 18.1. The molecule has 2 rings (SSSR count). The molecule has 2 aromatic carbocycles. The quantitative estimate of drug-likeness (QED) is 0.287. The minimum atomic E-state index is 0.0524. The Morgan fingerprint density at radius 1 is 0.760 bits per heavy atom. The summed E-state index contributed by atoms with van der Waals surface area (Å²) >= 11 is 0. The topological polar surface area (TPSA) is 148 Å². The summed E-state index contributed by atoms with van der Waals surface area (Å²) < 4.78 is 0. The average molecular weight is 332 g/mol. The van der Waals surface area contributed by atoms with E-state index in [9.17, 15) is 0 Å². The number of nitrogens with one attached hydrogen (secondary N) is 2. The number of benzene rings is 2. The van der Waals surface area contributed by atoms with Crippen molar-refractivity contribution in [2.45, 2.75) is 6.42 Å². The largest absolute Gasteiger partial charge is 0.369 e. The second-order valence-corrected chi connectivity index (χ2v) is 4.98. The van der Waals surface area contributed by atoms with Crippen LogP contribution < -0.4 is 22.1 Å². The van der Waals surface area contributed by atoms with Crippen molar-refractivity contribution in [2.75, 3.05) is 0 Å². The number of hydrogen-bond donors (Lipinski definition) is 4.